The summed E-state index contributed by atoms with van der Waals surface area (Å²) in [5.74, 6) is 0.535. The number of fused-ring (bicyclic) bond motifs is 2. The van der Waals surface area contributed by atoms with Gasteiger partial charge in [-0.25, -0.2) is 15.0 Å². The normalized spacial score (nSPS) is 13.1. The van der Waals surface area contributed by atoms with Gasteiger partial charge in [-0.3, -0.25) is 9.59 Å². The maximum atomic E-state index is 13.1. The second-order valence-corrected chi connectivity index (χ2v) is 10.3. The van der Waals surface area contributed by atoms with E-state index in [4.69, 9.17) is 0 Å². The number of aryl methyl sites for hydroxylation is 1. The van der Waals surface area contributed by atoms with E-state index in [0.29, 0.717) is 28.6 Å². The average molecular weight is 508 g/mol. The molecule has 0 saturated heterocycles. The molecule has 0 radical (unpaired) electrons. The first-order valence-corrected chi connectivity index (χ1v) is 13.2. The number of nitrogens with zero attached hydrogens (tertiary/aromatic N) is 3. The maximum Gasteiger partial charge on any atom is 0.270 e. The van der Waals surface area contributed by atoms with Crippen LogP contribution < -0.4 is 10.6 Å². The van der Waals surface area contributed by atoms with Crippen molar-refractivity contribution >= 4 is 49.4 Å². The predicted molar refractivity (Wildman–Crippen MR) is 147 cm³/mol. The molecule has 1 saturated carbocycles. The van der Waals surface area contributed by atoms with Crippen LogP contribution in [0.2, 0.25) is 0 Å². The number of carbonyl (C=O) groups is 2. The van der Waals surface area contributed by atoms with Gasteiger partial charge in [-0.05, 0) is 67.1 Å². The van der Waals surface area contributed by atoms with Crippen LogP contribution in [0.15, 0.2) is 66.7 Å². The smallest absolute Gasteiger partial charge is 0.270 e. The minimum atomic E-state index is -0.211. The van der Waals surface area contributed by atoms with Crippen molar-refractivity contribution in [2.24, 2.45) is 5.92 Å². The molecule has 0 atom stereocenters. The number of aromatic nitrogens is 3. The third kappa shape index (κ3) is 5.06. The Labute approximate surface area is 218 Å². The second-order valence-electron chi connectivity index (χ2n) is 9.31. The minimum Gasteiger partial charge on any atom is -0.350 e. The number of hydrogen-bond acceptors (Lipinski definition) is 6. The maximum absolute atomic E-state index is 13.1. The molecule has 0 aliphatic heterocycles. The van der Waals surface area contributed by atoms with Gasteiger partial charge in [-0.1, -0.05) is 53.8 Å². The van der Waals surface area contributed by atoms with Crippen LogP contribution in [-0.2, 0) is 11.2 Å². The van der Waals surface area contributed by atoms with Gasteiger partial charge >= 0.3 is 0 Å². The van der Waals surface area contributed by atoms with Crippen LogP contribution in [-0.4, -0.2) is 33.3 Å². The lowest BCUT2D eigenvalue weighted by molar-refractivity contribution is -0.117. The van der Waals surface area contributed by atoms with Gasteiger partial charge in [-0.15, -0.1) is 0 Å². The highest BCUT2D eigenvalue weighted by atomic mass is 32.1. The van der Waals surface area contributed by atoms with Crippen molar-refractivity contribution in [2.75, 3.05) is 11.9 Å². The summed E-state index contributed by atoms with van der Waals surface area (Å²) >= 11 is 1.47. The lowest BCUT2D eigenvalue weighted by Crippen LogP contribution is -2.27. The van der Waals surface area contributed by atoms with Gasteiger partial charge in [0.1, 0.15) is 11.5 Å². The standard InChI is InChI=1S/C29H25N5O2S/c1-17-31-23-11-9-20(15-22(23)26(32-17)28(36)30-14-13-18-5-3-2-4-6-18)21-10-12-24-25(16-21)37-29(33-24)34-27(35)19-7-8-19/h2-6,9-12,15-16,19H,7-8,13-14H2,1H3,(H,30,36)(H,33,34,35). The summed E-state index contributed by atoms with van der Waals surface area (Å²) in [6, 6.07) is 22.0. The van der Waals surface area contributed by atoms with E-state index in [1.54, 1.807) is 6.92 Å². The van der Waals surface area contributed by atoms with Crippen LogP contribution in [0.1, 0.15) is 34.7 Å². The van der Waals surface area contributed by atoms with Crippen molar-refractivity contribution in [1.82, 2.24) is 20.3 Å². The van der Waals surface area contributed by atoms with Crippen LogP contribution in [0.3, 0.4) is 0 Å². The molecule has 1 fully saturated rings. The molecule has 0 bridgehead atoms. The Morgan fingerprint density at radius 2 is 1.68 bits per heavy atom. The van der Waals surface area contributed by atoms with Gasteiger partial charge in [0.25, 0.3) is 5.91 Å². The molecule has 8 heteroatoms. The number of hydrogen-bond donors (Lipinski definition) is 2. The zero-order chi connectivity index (χ0) is 25.4. The van der Waals surface area contributed by atoms with Crippen LogP contribution >= 0.6 is 11.3 Å². The van der Waals surface area contributed by atoms with E-state index in [-0.39, 0.29) is 17.7 Å². The molecule has 3 aromatic carbocycles. The molecular formula is C29H25N5O2S. The number of nitrogens with one attached hydrogen (secondary N) is 2. The summed E-state index contributed by atoms with van der Waals surface area (Å²) in [6.07, 6.45) is 2.66. The van der Waals surface area contributed by atoms with Crippen LogP contribution in [0.5, 0.6) is 0 Å². The average Bonchev–Trinajstić information content (AvgIpc) is 3.68. The lowest BCUT2D eigenvalue weighted by atomic mass is 10.0. The number of thiazole rings is 1. The van der Waals surface area contributed by atoms with Crippen molar-refractivity contribution in [1.29, 1.82) is 0 Å². The van der Waals surface area contributed by atoms with Gasteiger partial charge in [0.15, 0.2) is 5.13 Å². The predicted octanol–water partition coefficient (Wildman–Crippen LogP) is 5.54. The van der Waals surface area contributed by atoms with Crippen LogP contribution in [0.4, 0.5) is 5.13 Å². The first-order valence-electron chi connectivity index (χ1n) is 12.4. The quantitative estimate of drug-likeness (QED) is 0.302. The van der Waals surface area contributed by atoms with Crippen LogP contribution in [0, 0.1) is 12.8 Å². The first-order chi connectivity index (χ1) is 18.0. The summed E-state index contributed by atoms with van der Waals surface area (Å²) in [5.41, 5.74) is 5.07. The van der Waals surface area contributed by atoms with Crippen molar-refractivity contribution in [3.63, 3.8) is 0 Å². The zero-order valence-electron chi connectivity index (χ0n) is 20.3. The van der Waals surface area contributed by atoms with Gasteiger partial charge < -0.3 is 10.6 Å². The summed E-state index contributed by atoms with van der Waals surface area (Å²) < 4.78 is 0.989. The largest absolute Gasteiger partial charge is 0.350 e. The van der Waals surface area contributed by atoms with E-state index in [9.17, 15) is 9.59 Å². The van der Waals surface area contributed by atoms with Gasteiger partial charge in [-0.2, -0.15) is 0 Å². The van der Waals surface area contributed by atoms with E-state index in [0.717, 1.165) is 46.1 Å². The molecular weight excluding hydrogens is 482 g/mol. The zero-order valence-corrected chi connectivity index (χ0v) is 21.1. The van der Waals surface area contributed by atoms with Crippen LogP contribution in [0.25, 0.3) is 32.2 Å². The highest BCUT2D eigenvalue weighted by Gasteiger charge is 2.30. The van der Waals surface area contributed by atoms with E-state index < -0.39 is 0 Å². The molecule has 7 nitrogen and oxygen atoms in total. The molecule has 1 aliphatic carbocycles. The van der Waals surface area contributed by atoms with Gasteiger partial charge in [0, 0.05) is 17.8 Å². The molecule has 5 aromatic rings. The monoisotopic (exact) mass is 507 g/mol. The Morgan fingerprint density at radius 3 is 2.46 bits per heavy atom. The number of rotatable bonds is 7. The van der Waals surface area contributed by atoms with Crippen molar-refractivity contribution in [3.05, 3.63) is 83.8 Å². The molecule has 2 heterocycles. The highest BCUT2D eigenvalue weighted by molar-refractivity contribution is 7.22. The summed E-state index contributed by atoms with van der Waals surface area (Å²) in [7, 11) is 0. The molecule has 184 valence electrons. The second kappa shape index (κ2) is 9.71. The molecule has 6 rings (SSSR count). The Hall–Kier alpha value is -4.17. The topological polar surface area (TPSA) is 96.9 Å². The van der Waals surface area contributed by atoms with Crippen molar-refractivity contribution < 1.29 is 9.59 Å². The van der Waals surface area contributed by atoms with E-state index >= 15 is 0 Å². The molecule has 2 aromatic heterocycles. The summed E-state index contributed by atoms with van der Waals surface area (Å²) in [6.45, 7) is 2.32. The third-order valence-electron chi connectivity index (χ3n) is 6.46. The Kier molecular flexibility index (Phi) is 6.10. The van der Waals surface area contributed by atoms with E-state index in [2.05, 4.69) is 31.7 Å². The first kappa shape index (κ1) is 23.2. The Balaban J connectivity index is 1.27. The molecule has 1 aliphatic rings. The van der Waals surface area contributed by atoms with Gasteiger partial charge in [0.2, 0.25) is 5.91 Å². The lowest BCUT2D eigenvalue weighted by Gasteiger charge is -2.10. The fraction of sp³-hybridized carbons (Fsp3) is 0.207. The molecule has 2 amide bonds. The molecule has 37 heavy (non-hydrogen) atoms. The SMILES string of the molecule is Cc1nc(C(=O)NCCc2ccccc2)c2cc(-c3ccc4nc(NC(=O)C5CC5)sc4c3)ccc2n1. The summed E-state index contributed by atoms with van der Waals surface area (Å²) in [4.78, 5) is 38.8. The number of benzene rings is 3. The Bertz CT molecular complexity index is 1640. The number of amides is 2. The van der Waals surface area contributed by atoms with E-state index in [1.807, 2.05) is 60.7 Å². The third-order valence-corrected chi connectivity index (χ3v) is 7.40. The van der Waals surface area contributed by atoms with Crippen molar-refractivity contribution in [3.8, 4) is 11.1 Å². The van der Waals surface area contributed by atoms with Gasteiger partial charge in [0.05, 0.1) is 15.7 Å². The molecule has 0 unspecified atom stereocenters. The molecule has 0 spiro atoms. The fourth-order valence-electron chi connectivity index (χ4n) is 4.36. The highest BCUT2D eigenvalue weighted by Crippen LogP contribution is 2.34. The Morgan fingerprint density at radius 1 is 0.919 bits per heavy atom. The van der Waals surface area contributed by atoms with E-state index in [1.165, 1.54) is 16.9 Å². The fourth-order valence-corrected chi connectivity index (χ4v) is 5.26. The molecule has 2 N–H and O–H groups in total. The summed E-state index contributed by atoms with van der Waals surface area (Å²) in [5, 5.41) is 7.28. The number of anilines is 1. The van der Waals surface area contributed by atoms with Crippen molar-refractivity contribution in [2.45, 2.75) is 26.2 Å². The minimum absolute atomic E-state index is 0.0543. The number of carbonyl (C=O) groups excluding carboxylic acids is 2.